The molecule has 0 atom stereocenters. The van der Waals surface area contributed by atoms with Crippen molar-refractivity contribution in [1.82, 2.24) is 0 Å². The summed E-state index contributed by atoms with van der Waals surface area (Å²) in [6.45, 7) is 0.592. The van der Waals surface area contributed by atoms with Crippen LogP contribution in [-0.4, -0.2) is 12.4 Å². The molecule has 1 aliphatic heterocycles. The SMILES string of the molecule is O=C(c1ccc(Br)c(F)c1)c1cccc2c1OCC2. The highest BCUT2D eigenvalue weighted by atomic mass is 79.9. The van der Waals surface area contributed by atoms with Crippen LogP contribution in [0.25, 0.3) is 0 Å². The van der Waals surface area contributed by atoms with E-state index in [2.05, 4.69) is 15.9 Å². The number of carbonyl (C=O) groups is 1. The van der Waals surface area contributed by atoms with Crippen LogP contribution in [0.15, 0.2) is 40.9 Å². The van der Waals surface area contributed by atoms with Crippen molar-refractivity contribution in [2.45, 2.75) is 6.42 Å². The largest absolute Gasteiger partial charge is 0.492 e. The fourth-order valence-electron chi connectivity index (χ4n) is 2.19. The molecule has 0 radical (unpaired) electrons. The Labute approximate surface area is 118 Å². The Morgan fingerprint density at radius 1 is 1.26 bits per heavy atom. The number of para-hydroxylation sites is 1. The summed E-state index contributed by atoms with van der Waals surface area (Å²) in [5.74, 6) is -0.0275. The minimum atomic E-state index is -0.445. The first kappa shape index (κ1) is 12.4. The number of carbonyl (C=O) groups excluding carboxylic acids is 1. The van der Waals surface area contributed by atoms with Crippen LogP contribution in [0.4, 0.5) is 4.39 Å². The molecule has 1 aliphatic rings. The van der Waals surface area contributed by atoms with E-state index in [1.807, 2.05) is 12.1 Å². The molecule has 2 nitrogen and oxygen atoms in total. The van der Waals surface area contributed by atoms with Gasteiger partial charge in [-0.2, -0.15) is 0 Å². The molecular formula is C15H10BrFO2. The van der Waals surface area contributed by atoms with Gasteiger partial charge in [-0.05, 0) is 45.8 Å². The standard InChI is InChI=1S/C15H10BrFO2/c16-12-5-4-10(8-13(12)17)14(18)11-3-1-2-9-6-7-19-15(9)11/h1-5,8H,6-7H2. The molecule has 0 unspecified atom stereocenters. The molecule has 0 aliphatic carbocycles. The minimum absolute atomic E-state index is 0.217. The average Bonchev–Trinajstić information content (AvgIpc) is 2.89. The van der Waals surface area contributed by atoms with Gasteiger partial charge >= 0.3 is 0 Å². The lowest BCUT2D eigenvalue weighted by molar-refractivity contribution is 0.103. The number of benzene rings is 2. The van der Waals surface area contributed by atoms with Crippen molar-refractivity contribution < 1.29 is 13.9 Å². The van der Waals surface area contributed by atoms with Crippen LogP contribution in [0.3, 0.4) is 0 Å². The fraction of sp³-hybridized carbons (Fsp3) is 0.133. The van der Waals surface area contributed by atoms with Crippen LogP contribution in [-0.2, 0) is 6.42 Å². The van der Waals surface area contributed by atoms with E-state index in [0.717, 1.165) is 12.0 Å². The molecule has 19 heavy (non-hydrogen) atoms. The third kappa shape index (κ3) is 2.16. The summed E-state index contributed by atoms with van der Waals surface area (Å²) < 4.78 is 19.3. The lowest BCUT2D eigenvalue weighted by Gasteiger charge is -2.07. The highest BCUT2D eigenvalue weighted by Gasteiger charge is 2.21. The van der Waals surface area contributed by atoms with Gasteiger partial charge in [0, 0.05) is 12.0 Å². The molecule has 4 heteroatoms. The van der Waals surface area contributed by atoms with E-state index in [1.54, 1.807) is 12.1 Å². The molecule has 96 valence electrons. The second-order valence-corrected chi connectivity index (χ2v) is 5.20. The van der Waals surface area contributed by atoms with E-state index < -0.39 is 5.82 Å². The maximum Gasteiger partial charge on any atom is 0.196 e. The average molecular weight is 321 g/mol. The van der Waals surface area contributed by atoms with Crippen molar-refractivity contribution in [2.24, 2.45) is 0 Å². The molecule has 0 bridgehead atoms. The lowest BCUT2D eigenvalue weighted by Crippen LogP contribution is -2.04. The van der Waals surface area contributed by atoms with E-state index in [-0.39, 0.29) is 5.78 Å². The van der Waals surface area contributed by atoms with Gasteiger partial charge in [0.25, 0.3) is 0 Å². The third-order valence-electron chi connectivity index (χ3n) is 3.14. The van der Waals surface area contributed by atoms with Crippen LogP contribution in [0.2, 0.25) is 0 Å². The Bertz CT molecular complexity index is 667. The van der Waals surface area contributed by atoms with Gasteiger partial charge in [0.05, 0.1) is 16.6 Å². The normalized spacial score (nSPS) is 12.9. The lowest BCUT2D eigenvalue weighted by atomic mass is 10.00. The number of hydrogen-bond donors (Lipinski definition) is 0. The molecule has 0 aromatic heterocycles. The molecule has 2 aromatic rings. The van der Waals surface area contributed by atoms with E-state index in [1.165, 1.54) is 12.1 Å². The van der Waals surface area contributed by atoms with E-state index in [0.29, 0.717) is 28.0 Å². The Balaban J connectivity index is 2.05. The molecule has 0 saturated heterocycles. The number of ether oxygens (including phenoxy) is 1. The van der Waals surface area contributed by atoms with Crippen LogP contribution < -0.4 is 4.74 Å². The first-order valence-corrected chi connectivity index (χ1v) is 6.70. The summed E-state index contributed by atoms with van der Waals surface area (Å²) in [5, 5.41) is 0. The number of halogens is 2. The summed E-state index contributed by atoms with van der Waals surface area (Å²) in [6, 6.07) is 9.86. The molecule has 1 heterocycles. The molecule has 0 saturated carbocycles. The summed E-state index contributed by atoms with van der Waals surface area (Å²) in [4.78, 5) is 12.4. The topological polar surface area (TPSA) is 26.3 Å². The monoisotopic (exact) mass is 320 g/mol. The van der Waals surface area contributed by atoms with Gasteiger partial charge in [0.1, 0.15) is 11.6 Å². The molecular weight excluding hydrogens is 311 g/mol. The zero-order valence-electron chi connectivity index (χ0n) is 9.95. The highest BCUT2D eigenvalue weighted by molar-refractivity contribution is 9.10. The first-order chi connectivity index (χ1) is 9.16. The molecule has 0 amide bonds. The number of rotatable bonds is 2. The molecule has 2 aromatic carbocycles. The van der Waals surface area contributed by atoms with E-state index in [9.17, 15) is 9.18 Å². The first-order valence-electron chi connectivity index (χ1n) is 5.91. The zero-order valence-corrected chi connectivity index (χ0v) is 11.5. The van der Waals surface area contributed by atoms with Crippen molar-refractivity contribution in [1.29, 1.82) is 0 Å². The van der Waals surface area contributed by atoms with Crippen LogP contribution in [0.1, 0.15) is 21.5 Å². The van der Waals surface area contributed by atoms with Gasteiger partial charge < -0.3 is 4.74 Å². The summed E-state index contributed by atoms with van der Waals surface area (Å²) in [7, 11) is 0. The Hall–Kier alpha value is -1.68. The van der Waals surface area contributed by atoms with Gasteiger partial charge in [0.2, 0.25) is 0 Å². The summed E-state index contributed by atoms with van der Waals surface area (Å²) in [6.07, 6.45) is 0.811. The van der Waals surface area contributed by atoms with Gasteiger partial charge in [-0.3, -0.25) is 4.79 Å². The quantitative estimate of drug-likeness (QED) is 0.788. The van der Waals surface area contributed by atoms with Crippen LogP contribution in [0.5, 0.6) is 5.75 Å². The maximum absolute atomic E-state index is 13.5. The van der Waals surface area contributed by atoms with Crippen molar-refractivity contribution in [3.63, 3.8) is 0 Å². The predicted octanol–water partition coefficient (Wildman–Crippen LogP) is 3.75. The number of fused-ring (bicyclic) bond motifs is 1. The maximum atomic E-state index is 13.5. The minimum Gasteiger partial charge on any atom is -0.492 e. The second-order valence-electron chi connectivity index (χ2n) is 4.35. The van der Waals surface area contributed by atoms with Gasteiger partial charge in [-0.1, -0.05) is 12.1 Å². The number of ketones is 1. The van der Waals surface area contributed by atoms with Gasteiger partial charge in [-0.15, -0.1) is 0 Å². The Morgan fingerprint density at radius 3 is 2.89 bits per heavy atom. The summed E-state index contributed by atoms with van der Waals surface area (Å²) in [5.41, 5.74) is 1.85. The smallest absolute Gasteiger partial charge is 0.196 e. The van der Waals surface area contributed by atoms with Gasteiger partial charge in [-0.25, -0.2) is 4.39 Å². The number of hydrogen-bond acceptors (Lipinski definition) is 2. The highest BCUT2D eigenvalue weighted by Crippen LogP contribution is 2.31. The molecule has 0 N–H and O–H groups in total. The van der Waals surface area contributed by atoms with Crippen LogP contribution in [0, 0.1) is 5.82 Å². The van der Waals surface area contributed by atoms with Crippen molar-refractivity contribution in [3.8, 4) is 5.75 Å². The second kappa shape index (κ2) is 4.78. The van der Waals surface area contributed by atoms with E-state index in [4.69, 9.17) is 4.74 Å². The van der Waals surface area contributed by atoms with Crippen molar-refractivity contribution >= 4 is 21.7 Å². The third-order valence-corrected chi connectivity index (χ3v) is 3.78. The molecule has 0 spiro atoms. The molecule has 0 fully saturated rings. The Kier molecular flexibility index (Phi) is 3.11. The predicted molar refractivity (Wildman–Crippen MR) is 73.2 cm³/mol. The summed E-state index contributed by atoms with van der Waals surface area (Å²) >= 11 is 3.07. The fourth-order valence-corrected chi connectivity index (χ4v) is 2.43. The zero-order chi connectivity index (χ0) is 13.4. The van der Waals surface area contributed by atoms with Crippen molar-refractivity contribution in [2.75, 3.05) is 6.61 Å². The van der Waals surface area contributed by atoms with Gasteiger partial charge in [0.15, 0.2) is 5.78 Å². The van der Waals surface area contributed by atoms with Crippen LogP contribution >= 0.6 is 15.9 Å². The van der Waals surface area contributed by atoms with Crippen molar-refractivity contribution in [3.05, 3.63) is 63.4 Å². The molecule has 3 rings (SSSR count). The Morgan fingerprint density at radius 2 is 2.11 bits per heavy atom. The van der Waals surface area contributed by atoms with E-state index >= 15 is 0 Å².